The molecule has 1 nitrogen and oxygen atoms in total. The van der Waals surface area contributed by atoms with E-state index in [0.29, 0.717) is 0 Å². The van der Waals surface area contributed by atoms with Crippen LogP contribution in [0.2, 0.25) is 0 Å². The molecule has 2 aromatic rings. The molecule has 0 radical (unpaired) electrons. The Morgan fingerprint density at radius 1 is 1.43 bits per heavy atom. The molecule has 72 valence electrons. The van der Waals surface area contributed by atoms with Gasteiger partial charge >= 0.3 is 0 Å². The Morgan fingerprint density at radius 2 is 2.21 bits per heavy atom. The molecule has 0 amide bonds. The second kappa shape index (κ2) is 4.26. The fraction of sp³-hybridized carbons (Fsp3) is 0.0909. The number of rotatable bonds is 2. The zero-order valence-electron chi connectivity index (χ0n) is 7.40. The predicted octanol–water partition coefficient (Wildman–Crippen LogP) is 3.63. The van der Waals surface area contributed by atoms with Crippen molar-refractivity contribution in [3.8, 4) is 0 Å². The topological polar surface area (TPSA) is 20.2 Å². The maximum atomic E-state index is 8.89. The Balaban J connectivity index is 2.53. The summed E-state index contributed by atoms with van der Waals surface area (Å²) in [6, 6.07) is 8.26. The van der Waals surface area contributed by atoms with E-state index >= 15 is 0 Å². The van der Waals surface area contributed by atoms with Gasteiger partial charge < -0.3 is 5.11 Å². The highest BCUT2D eigenvalue weighted by Gasteiger charge is 2.00. The fourth-order valence-corrected chi connectivity index (χ4v) is 2.49. The summed E-state index contributed by atoms with van der Waals surface area (Å²) in [5.41, 5.74) is 1.16. The SMILES string of the molecule is OC/C(Br)=C/c1csc2ccccc12. The molecule has 0 aliphatic carbocycles. The molecule has 1 aromatic carbocycles. The lowest BCUT2D eigenvalue weighted by Gasteiger charge is -1.93. The third-order valence-electron chi connectivity index (χ3n) is 1.97. The second-order valence-electron chi connectivity index (χ2n) is 2.94. The van der Waals surface area contributed by atoms with E-state index in [9.17, 15) is 0 Å². The van der Waals surface area contributed by atoms with Crippen LogP contribution in [-0.4, -0.2) is 11.7 Å². The first-order chi connectivity index (χ1) is 6.81. The molecule has 0 aliphatic heterocycles. The number of hydrogen-bond donors (Lipinski definition) is 1. The molecule has 0 aliphatic rings. The van der Waals surface area contributed by atoms with Gasteiger partial charge in [0.05, 0.1) is 6.61 Å². The minimum Gasteiger partial charge on any atom is -0.391 e. The Bertz CT molecular complexity index is 473. The second-order valence-corrected chi connectivity index (χ2v) is 4.87. The predicted molar refractivity (Wildman–Crippen MR) is 65.8 cm³/mol. The lowest BCUT2D eigenvalue weighted by atomic mass is 10.2. The largest absolute Gasteiger partial charge is 0.391 e. The maximum absolute atomic E-state index is 8.89. The highest BCUT2D eigenvalue weighted by Crippen LogP contribution is 2.27. The van der Waals surface area contributed by atoms with Crippen molar-refractivity contribution in [1.82, 2.24) is 0 Å². The number of halogens is 1. The van der Waals surface area contributed by atoms with Crippen molar-refractivity contribution in [3.63, 3.8) is 0 Å². The molecule has 1 N–H and O–H groups in total. The van der Waals surface area contributed by atoms with Gasteiger partial charge in [0, 0.05) is 9.18 Å². The van der Waals surface area contributed by atoms with Gasteiger partial charge in [0.25, 0.3) is 0 Å². The van der Waals surface area contributed by atoms with Gasteiger partial charge in [-0.3, -0.25) is 0 Å². The molecule has 0 bridgehead atoms. The van der Waals surface area contributed by atoms with Crippen LogP contribution in [0.3, 0.4) is 0 Å². The van der Waals surface area contributed by atoms with E-state index in [-0.39, 0.29) is 6.61 Å². The van der Waals surface area contributed by atoms with Crippen molar-refractivity contribution in [3.05, 3.63) is 39.7 Å². The number of aliphatic hydroxyl groups excluding tert-OH is 1. The third kappa shape index (κ3) is 1.90. The summed E-state index contributed by atoms with van der Waals surface area (Å²) in [7, 11) is 0. The van der Waals surface area contributed by atoms with Crippen LogP contribution in [0, 0.1) is 0 Å². The molecule has 0 saturated carbocycles. The molecule has 0 saturated heterocycles. The lowest BCUT2D eigenvalue weighted by molar-refractivity contribution is 0.341. The first-order valence-corrected chi connectivity index (χ1v) is 5.91. The van der Waals surface area contributed by atoms with Crippen LogP contribution in [0.25, 0.3) is 16.2 Å². The molecule has 0 unspecified atom stereocenters. The normalized spacial score (nSPS) is 12.3. The molecule has 0 fully saturated rings. The average Bonchev–Trinajstić information content (AvgIpc) is 2.62. The molecular weight excluding hydrogens is 260 g/mol. The Morgan fingerprint density at radius 3 is 3.00 bits per heavy atom. The van der Waals surface area contributed by atoms with Crippen molar-refractivity contribution in [2.45, 2.75) is 0 Å². The minimum absolute atomic E-state index is 0.0458. The van der Waals surface area contributed by atoms with Crippen LogP contribution in [0.1, 0.15) is 5.56 Å². The molecule has 3 heteroatoms. The minimum atomic E-state index is 0.0458. The van der Waals surface area contributed by atoms with Gasteiger partial charge in [-0.1, -0.05) is 34.1 Å². The smallest absolute Gasteiger partial charge is 0.0747 e. The fourth-order valence-electron chi connectivity index (χ4n) is 1.32. The van der Waals surface area contributed by atoms with E-state index in [0.717, 1.165) is 10.0 Å². The van der Waals surface area contributed by atoms with E-state index in [1.807, 2.05) is 18.2 Å². The summed E-state index contributed by atoms with van der Waals surface area (Å²) in [6.45, 7) is 0.0458. The van der Waals surface area contributed by atoms with Crippen molar-refractivity contribution in [2.75, 3.05) is 6.61 Å². The number of hydrogen-bond acceptors (Lipinski definition) is 2. The summed E-state index contributed by atoms with van der Waals surface area (Å²) < 4.78 is 2.08. The van der Waals surface area contributed by atoms with E-state index in [4.69, 9.17) is 5.11 Å². The summed E-state index contributed by atoms with van der Waals surface area (Å²) in [4.78, 5) is 0. The summed E-state index contributed by atoms with van der Waals surface area (Å²) in [5.74, 6) is 0. The van der Waals surface area contributed by atoms with Gasteiger partial charge in [-0.2, -0.15) is 0 Å². The van der Waals surface area contributed by atoms with Crippen molar-refractivity contribution in [1.29, 1.82) is 0 Å². The van der Waals surface area contributed by atoms with Gasteiger partial charge in [0.15, 0.2) is 0 Å². The van der Waals surface area contributed by atoms with E-state index < -0.39 is 0 Å². The first kappa shape index (κ1) is 9.90. The number of aliphatic hydroxyl groups is 1. The van der Waals surface area contributed by atoms with Gasteiger partial charge in [-0.15, -0.1) is 11.3 Å². The van der Waals surface area contributed by atoms with Gasteiger partial charge in [0.1, 0.15) is 0 Å². The standard InChI is InChI=1S/C11H9BrOS/c12-9(6-13)5-8-7-14-11-4-2-1-3-10(8)11/h1-5,7,13H,6H2/b9-5-. The molecule has 0 spiro atoms. The Labute approximate surface area is 94.8 Å². The van der Waals surface area contributed by atoms with Crippen molar-refractivity contribution < 1.29 is 5.11 Å². The van der Waals surface area contributed by atoms with Gasteiger partial charge in [0.2, 0.25) is 0 Å². The summed E-state index contributed by atoms with van der Waals surface area (Å²) in [5, 5.41) is 12.2. The van der Waals surface area contributed by atoms with Crippen LogP contribution >= 0.6 is 27.3 Å². The molecule has 0 atom stereocenters. The van der Waals surface area contributed by atoms with Crippen LogP contribution in [0.5, 0.6) is 0 Å². The molecule has 2 rings (SSSR count). The Kier molecular flexibility index (Phi) is 3.01. The number of benzene rings is 1. The number of thiophene rings is 1. The van der Waals surface area contributed by atoms with Crippen LogP contribution in [0.4, 0.5) is 0 Å². The van der Waals surface area contributed by atoms with E-state index in [2.05, 4.69) is 33.4 Å². The van der Waals surface area contributed by atoms with Gasteiger partial charge in [-0.05, 0) is 28.5 Å². The molecule has 1 aromatic heterocycles. The maximum Gasteiger partial charge on any atom is 0.0747 e. The van der Waals surface area contributed by atoms with E-state index in [1.165, 1.54) is 10.1 Å². The molecule has 1 heterocycles. The van der Waals surface area contributed by atoms with Crippen molar-refractivity contribution >= 4 is 43.4 Å². The number of fused-ring (bicyclic) bond motifs is 1. The molecule has 14 heavy (non-hydrogen) atoms. The summed E-state index contributed by atoms with van der Waals surface area (Å²) in [6.07, 6.45) is 1.96. The highest BCUT2D eigenvalue weighted by atomic mass is 79.9. The van der Waals surface area contributed by atoms with Gasteiger partial charge in [-0.25, -0.2) is 0 Å². The van der Waals surface area contributed by atoms with Crippen LogP contribution < -0.4 is 0 Å². The van der Waals surface area contributed by atoms with Crippen LogP contribution in [0.15, 0.2) is 34.1 Å². The first-order valence-electron chi connectivity index (χ1n) is 4.24. The summed E-state index contributed by atoms with van der Waals surface area (Å²) >= 11 is 5.02. The quantitative estimate of drug-likeness (QED) is 0.882. The third-order valence-corrected chi connectivity index (χ3v) is 3.44. The zero-order valence-corrected chi connectivity index (χ0v) is 9.81. The zero-order chi connectivity index (χ0) is 9.97. The molecular formula is C11H9BrOS. The van der Waals surface area contributed by atoms with Crippen molar-refractivity contribution in [2.24, 2.45) is 0 Å². The monoisotopic (exact) mass is 268 g/mol. The lowest BCUT2D eigenvalue weighted by Crippen LogP contribution is -1.79. The van der Waals surface area contributed by atoms with E-state index in [1.54, 1.807) is 11.3 Å². The average molecular weight is 269 g/mol. The highest BCUT2D eigenvalue weighted by molar-refractivity contribution is 9.11. The van der Waals surface area contributed by atoms with Crippen LogP contribution in [-0.2, 0) is 0 Å². The Hall–Kier alpha value is -0.640.